The molecule has 3 aromatic rings. The summed E-state index contributed by atoms with van der Waals surface area (Å²) in [6.45, 7) is 1.05. The summed E-state index contributed by atoms with van der Waals surface area (Å²) >= 11 is 0. The summed E-state index contributed by atoms with van der Waals surface area (Å²) in [5, 5.41) is 12.6. The number of nitrogens with one attached hydrogen (secondary N) is 1. The van der Waals surface area contributed by atoms with E-state index < -0.39 is 34.9 Å². The van der Waals surface area contributed by atoms with Crippen LogP contribution in [0.25, 0.3) is 0 Å². The Labute approximate surface area is 207 Å². The van der Waals surface area contributed by atoms with Gasteiger partial charge >= 0.3 is 5.97 Å². The minimum Gasteiger partial charge on any atom is -0.494 e. The molecule has 1 unspecified atom stereocenters. The molecule has 0 amide bonds. The zero-order chi connectivity index (χ0) is 24.2. The van der Waals surface area contributed by atoms with Crippen LogP contribution in [0.4, 0.5) is 13.2 Å². The Morgan fingerprint density at radius 3 is 2.57 bits per heavy atom. The van der Waals surface area contributed by atoms with E-state index in [1.165, 1.54) is 19.2 Å². The zero-order valence-corrected chi connectivity index (χ0v) is 19.7. The molecule has 0 aliphatic carbocycles. The van der Waals surface area contributed by atoms with Crippen molar-refractivity contribution < 1.29 is 32.5 Å². The van der Waals surface area contributed by atoms with Gasteiger partial charge in [-0.25, -0.2) is 18.0 Å². The van der Waals surface area contributed by atoms with Crippen LogP contribution in [0.15, 0.2) is 54.6 Å². The molecule has 0 spiro atoms. The maximum Gasteiger partial charge on any atom is 0.341 e. The van der Waals surface area contributed by atoms with Crippen LogP contribution < -0.4 is 14.8 Å². The molecular formula is C26H25ClF3NO4. The lowest BCUT2D eigenvalue weighted by Crippen LogP contribution is -2.36. The van der Waals surface area contributed by atoms with E-state index in [0.29, 0.717) is 31.7 Å². The van der Waals surface area contributed by atoms with Crippen molar-refractivity contribution >= 4 is 18.4 Å². The van der Waals surface area contributed by atoms with Gasteiger partial charge in [0.1, 0.15) is 29.1 Å². The van der Waals surface area contributed by atoms with Crippen molar-refractivity contribution in [3.63, 3.8) is 0 Å². The lowest BCUT2D eigenvalue weighted by atomic mass is 9.83. The summed E-state index contributed by atoms with van der Waals surface area (Å²) in [5.41, 5.74) is 0.802. The van der Waals surface area contributed by atoms with Gasteiger partial charge in [0, 0.05) is 18.0 Å². The molecule has 0 aromatic heterocycles. The number of ether oxygens (including phenoxy) is 2. The van der Waals surface area contributed by atoms with Gasteiger partial charge in [-0.3, -0.25) is 0 Å². The monoisotopic (exact) mass is 507 g/mol. The summed E-state index contributed by atoms with van der Waals surface area (Å²) in [4.78, 5) is 11.4. The van der Waals surface area contributed by atoms with E-state index in [2.05, 4.69) is 5.32 Å². The largest absolute Gasteiger partial charge is 0.494 e. The Hall–Kier alpha value is -3.23. The van der Waals surface area contributed by atoms with Crippen LogP contribution in [0, 0.1) is 17.5 Å². The van der Waals surface area contributed by atoms with Crippen LogP contribution >= 0.6 is 12.4 Å². The first-order chi connectivity index (χ1) is 16.4. The summed E-state index contributed by atoms with van der Waals surface area (Å²) in [7, 11) is 1.42. The first-order valence-electron chi connectivity index (χ1n) is 10.9. The minimum absolute atomic E-state index is 0. The second-order valence-corrected chi connectivity index (χ2v) is 8.12. The third-order valence-corrected chi connectivity index (χ3v) is 5.97. The molecule has 0 bridgehead atoms. The number of carboxylic acid groups (broad SMARTS) is 1. The maximum absolute atomic E-state index is 15.1. The molecule has 3 aromatic carbocycles. The van der Waals surface area contributed by atoms with E-state index >= 15 is 4.39 Å². The van der Waals surface area contributed by atoms with E-state index in [9.17, 15) is 18.7 Å². The lowest BCUT2D eigenvalue weighted by molar-refractivity contribution is 0.0686. The van der Waals surface area contributed by atoms with Crippen LogP contribution in [0.5, 0.6) is 11.5 Å². The van der Waals surface area contributed by atoms with E-state index in [-0.39, 0.29) is 29.8 Å². The van der Waals surface area contributed by atoms with Gasteiger partial charge < -0.3 is 19.9 Å². The molecule has 1 aliphatic rings. The van der Waals surface area contributed by atoms with Crippen molar-refractivity contribution in [3.8, 4) is 11.5 Å². The van der Waals surface area contributed by atoms with Gasteiger partial charge in [-0.1, -0.05) is 30.3 Å². The predicted octanol–water partition coefficient (Wildman–Crippen LogP) is 5.35. The fraction of sp³-hybridized carbons (Fsp3) is 0.269. The number of halogens is 4. The highest BCUT2D eigenvalue weighted by atomic mass is 35.5. The summed E-state index contributed by atoms with van der Waals surface area (Å²) < 4.78 is 53.7. The second kappa shape index (κ2) is 11.5. The Morgan fingerprint density at radius 2 is 1.83 bits per heavy atom. The summed E-state index contributed by atoms with van der Waals surface area (Å²) in [5.74, 6) is -3.96. The first kappa shape index (κ1) is 26.4. The van der Waals surface area contributed by atoms with E-state index in [4.69, 9.17) is 9.47 Å². The highest BCUT2D eigenvalue weighted by Gasteiger charge is 2.33. The number of rotatable bonds is 8. The van der Waals surface area contributed by atoms with Crippen molar-refractivity contribution in [1.29, 1.82) is 0 Å². The van der Waals surface area contributed by atoms with Gasteiger partial charge in [-0.2, -0.15) is 0 Å². The number of hydrogen-bond donors (Lipinski definition) is 2. The van der Waals surface area contributed by atoms with E-state index in [1.54, 1.807) is 36.4 Å². The molecule has 5 nitrogen and oxygen atoms in total. The van der Waals surface area contributed by atoms with Gasteiger partial charge in [0.15, 0.2) is 11.6 Å². The predicted molar refractivity (Wildman–Crippen MR) is 127 cm³/mol. The molecule has 2 N–H and O–H groups in total. The molecule has 186 valence electrons. The maximum atomic E-state index is 15.1. The Kier molecular flexibility index (Phi) is 8.64. The van der Waals surface area contributed by atoms with Crippen molar-refractivity contribution in [2.45, 2.75) is 24.9 Å². The molecule has 0 saturated heterocycles. The lowest BCUT2D eigenvalue weighted by Gasteiger charge is -2.33. The number of benzene rings is 3. The topological polar surface area (TPSA) is 67.8 Å². The Morgan fingerprint density at radius 1 is 1.09 bits per heavy atom. The highest BCUT2D eigenvalue weighted by Crippen LogP contribution is 2.41. The number of carboxylic acids is 1. The smallest absolute Gasteiger partial charge is 0.341 e. The van der Waals surface area contributed by atoms with E-state index in [0.717, 1.165) is 17.2 Å². The van der Waals surface area contributed by atoms with Crippen LogP contribution in [0.3, 0.4) is 0 Å². The minimum atomic E-state index is -1.65. The zero-order valence-electron chi connectivity index (χ0n) is 18.9. The van der Waals surface area contributed by atoms with Gasteiger partial charge in [0.25, 0.3) is 0 Å². The molecule has 35 heavy (non-hydrogen) atoms. The van der Waals surface area contributed by atoms with Crippen molar-refractivity contribution in [2.75, 3.05) is 20.2 Å². The normalized spacial score (nSPS) is 16.6. The fourth-order valence-electron chi connectivity index (χ4n) is 4.30. The molecule has 0 radical (unpaired) electrons. The summed E-state index contributed by atoms with van der Waals surface area (Å²) in [6.07, 6.45) is 0.703. The number of methoxy groups -OCH3 is 1. The third-order valence-electron chi connectivity index (χ3n) is 5.97. The van der Waals surface area contributed by atoms with Gasteiger partial charge in [0.05, 0.1) is 7.11 Å². The standard InChI is InChI=1S/C26H24F3NO4.ClH/c1-33-23-12-15(6-8-20(23)27)10-11-30-14-16-13-19(17-4-2-3-5-22(17)34-16)18-7-9-21(28)24(25(18)29)26(31)32;/h2-9,12,16,19,30H,10-11,13-14H2,1H3,(H,31,32);1H/t16-,19?;/m1./s1. The van der Waals surface area contributed by atoms with Gasteiger partial charge in [-0.15, -0.1) is 12.4 Å². The summed E-state index contributed by atoms with van der Waals surface area (Å²) in [6, 6.07) is 14.2. The Bertz CT molecular complexity index is 1210. The van der Waals surface area contributed by atoms with Crippen LogP contribution in [0.2, 0.25) is 0 Å². The van der Waals surface area contributed by atoms with Crippen LogP contribution in [0.1, 0.15) is 39.4 Å². The number of aromatic carboxylic acids is 1. The molecular weight excluding hydrogens is 483 g/mol. The fourth-order valence-corrected chi connectivity index (χ4v) is 4.30. The molecule has 1 heterocycles. The molecule has 0 saturated carbocycles. The van der Waals surface area contributed by atoms with Crippen molar-refractivity contribution in [2.24, 2.45) is 0 Å². The van der Waals surface area contributed by atoms with Crippen LogP contribution in [-0.4, -0.2) is 37.4 Å². The van der Waals surface area contributed by atoms with Gasteiger partial charge in [-0.05, 0) is 54.8 Å². The molecule has 9 heteroatoms. The van der Waals surface area contributed by atoms with E-state index in [1.807, 2.05) is 0 Å². The SMILES string of the molecule is COc1cc(CCNC[C@H]2CC(c3ccc(F)c(C(=O)O)c3F)c3ccccc3O2)ccc1F.Cl. The average Bonchev–Trinajstić information content (AvgIpc) is 2.82. The third kappa shape index (κ3) is 5.71. The number of carbonyl (C=O) groups is 1. The second-order valence-electron chi connectivity index (χ2n) is 8.12. The molecule has 2 atom stereocenters. The Balaban J connectivity index is 0.00000342. The molecule has 0 fully saturated rings. The average molecular weight is 508 g/mol. The molecule has 4 rings (SSSR count). The number of hydrogen-bond acceptors (Lipinski definition) is 4. The number of para-hydroxylation sites is 1. The highest BCUT2D eigenvalue weighted by molar-refractivity contribution is 5.88. The molecule has 1 aliphatic heterocycles. The quantitative estimate of drug-likeness (QED) is 0.402. The van der Waals surface area contributed by atoms with Crippen molar-refractivity contribution in [3.05, 3.63) is 94.3 Å². The van der Waals surface area contributed by atoms with Crippen LogP contribution in [-0.2, 0) is 6.42 Å². The number of fused-ring (bicyclic) bond motifs is 1. The van der Waals surface area contributed by atoms with Gasteiger partial charge in [0.2, 0.25) is 0 Å². The first-order valence-corrected chi connectivity index (χ1v) is 10.9. The van der Waals surface area contributed by atoms with Crippen molar-refractivity contribution in [1.82, 2.24) is 5.32 Å².